The maximum atomic E-state index is 5.57. The van der Waals surface area contributed by atoms with Crippen molar-refractivity contribution in [1.29, 1.82) is 0 Å². The van der Waals surface area contributed by atoms with Gasteiger partial charge in [0.15, 0.2) is 4.96 Å². The van der Waals surface area contributed by atoms with Crippen LogP contribution in [0.25, 0.3) is 15.2 Å². The molecule has 3 rings (SSSR count). The lowest BCUT2D eigenvalue weighted by atomic mass is 10.2. The molecule has 3 aromatic rings. The van der Waals surface area contributed by atoms with Gasteiger partial charge in [0.1, 0.15) is 0 Å². The molecule has 2 aromatic heterocycles. The molecule has 0 bridgehead atoms. The molecule has 0 aliphatic rings. The molecule has 0 saturated heterocycles. The summed E-state index contributed by atoms with van der Waals surface area (Å²) in [6.45, 7) is 2.61. The highest BCUT2D eigenvalue weighted by atomic mass is 32.1. The van der Waals surface area contributed by atoms with E-state index in [0.717, 1.165) is 10.7 Å². The van der Waals surface area contributed by atoms with Crippen LogP contribution in [-0.4, -0.2) is 9.38 Å². The van der Waals surface area contributed by atoms with Gasteiger partial charge in [-0.15, -0.1) is 0 Å². The zero-order valence-electron chi connectivity index (χ0n) is 8.40. The Morgan fingerprint density at radius 2 is 2.33 bits per heavy atom. The van der Waals surface area contributed by atoms with Crippen LogP contribution in [0.4, 0.5) is 0 Å². The van der Waals surface area contributed by atoms with Crippen molar-refractivity contribution in [3.05, 3.63) is 35.7 Å². The Bertz CT molecular complexity index is 636. The van der Waals surface area contributed by atoms with Crippen molar-refractivity contribution in [2.24, 2.45) is 5.73 Å². The Morgan fingerprint density at radius 1 is 1.47 bits per heavy atom. The van der Waals surface area contributed by atoms with Gasteiger partial charge in [0, 0.05) is 12.7 Å². The molecule has 0 aliphatic carbocycles. The summed E-state index contributed by atoms with van der Waals surface area (Å²) in [6.07, 6.45) is 2.02. The monoisotopic (exact) mass is 217 g/mol. The largest absolute Gasteiger partial charge is 0.325 e. The summed E-state index contributed by atoms with van der Waals surface area (Å²) < 4.78 is 3.39. The molecule has 0 unspecified atom stereocenters. The van der Waals surface area contributed by atoms with Gasteiger partial charge in [-0.3, -0.25) is 4.40 Å². The zero-order chi connectivity index (χ0) is 10.4. The smallest absolute Gasteiger partial charge is 0.194 e. The van der Waals surface area contributed by atoms with Crippen molar-refractivity contribution in [3.63, 3.8) is 0 Å². The van der Waals surface area contributed by atoms with Crippen LogP contribution < -0.4 is 5.73 Å². The van der Waals surface area contributed by atoms with E-state index in [1.807, 2.05) is 6.20 Å². The van der Waals surface area contributed by atoms with E-state index in [4.69, 9.17) is 5.73 Å². The van der Waals surface area contributed by atoms with Crippen molar-refractivity contribution in [1.82, 2.24) is 9.38 Å². The lowest BCUT2D eigenvalue weighted by Crippen LogP contribution is -1.95. The minimum absolute atomic E-state index is 0.502. The van der Waals surface area contributed by atoms with Crippen LogP contribution in [0, 0.1) is 6.92 Å². The molecule has 2 N–H and O–H groups in total. The van der Waals surface area contributed by atoms with Gasteiger partial charge in [0.05, 0.1) is 15.9 Å². The van der Waals surface area contributed by atoms with Crippen LogP contribution in [0.1, 0.15) is 11.3 Å². The van der Waals surface area contributed by atoms with Crippen molar-refractivity contribution >= 4 is 26.5 Å². The molecule has 0 fully saturated rings. The van der Waals surface area contributed by atoms with Crippen LogP contribution in [0.5, 0.6) is 0 Å². The highest BCUT2D eigenvalue weighted by Gasteiger charge is 2.07. The number of hydrogen-bond donors (Lipinski definition) is 1. The van der Waals surface area contributed by atoms with Crippen molar-refractivity contribution in [3.8, 4) is 0 Å². The molecule has 0 amide bonds. The van der Waals surface area contributed by atoms with Crippen molar-refractivity contribution < 1.29 is 0 Å². The number of imidazole rings is 1. The standard InChI is InChI=1S/C11H11N3S/c1-7-2-3-9-10(4-7)15-11-13-8(5-12)6-14(9)11/h2-4,6H,5,12H2,1H3. The third-order valence-electron chi connectivity index (χ3n) is 2.51. The van der Waals surface area contributed by atoms with Crippen LogP contribution >= 0.6 is 11.3 Å². The molecule has 3 nitrogen and oxygen atoms in total. The lowest BCUT2D eigenvalue weighted by molar-refractivity contribution is 1.02. The number of nitrogens with two attached hydrogens (primary N) is 1. The first-order chi connectivity index (χ1) is 7.28. The number of benzene rings is 1. The van der Waals surface area contributed by atoms with E-state index in [-0.39, 0.29) is 0 Å². The average Bonchev–Trinajstić information content (AvgIpc) is 2.73. The van der Waals surface area contributed by atoms with E-state index in [2.05, 4.69) is 34.5 Å². The molecular formula is C11H11N3S. The number of thiazole rings is 1. The second-order valence-corrected chi connectivity index (χ2v) is 4.67. The van der Waals surface area contributed by atoms with E-state index in [0.29, 0.717) is 6.54 Å². The Balaban J connectivity index is 2.40. The fourth-order valence-electron chi connectivity index (χ4n) is 1.75. The molecule has 0 saturated carbocycles. The quantitative estimate of drug-likeness (QED) is 0.679. The van der Waals surface area contributed by atoms with Gasteiger partial charge < -0.3 is 5.73 Å². The molecule has 15 heavy (non-hydrogen) atoms. The fourth-order valence-corrected chi connectivity index (χ4v) is 2.88. The Morgan fingerprint density at radius 3 is 3.13 bits per heavy atom. The first-order valence-corrected chi connectivity index (χ1v) is 5.67. The van der Waals surface area contributed by atoms with E-state index in [1.54, 1.807) is 11.3 Å². The number of hydrogen-bond acceptors (Lipinski definition) is 3. The molecule has 0 aliphatic heterocycles. The summed E-state index contributed by atoms with van der Waals surface area (Å²) in [6, 6.07) is 6.45. The maximum Gasteiger partial charge on any atom is 0.194 e. The van der Waals surface area contributed by atoms with E-state index >= 15 is 0 Å². The highest BCUT2D eigenvalue weighted by Crippen LogP contribution is 2.26. The minimum atomic E-state index is 0.502. The lowest BCUT2D eigenvalue weighted by Gasteiger charge is -1.92. The summed E-state index contributed by atoms with van der Waals surface area (Å²) in [4.78, 5) is 5.48. The number of fused-ring (bicyclic) bond motifs is 3. The number of aromatic nitrogens is 2. The Kier molecular flexibility index (Phi) is 1.81. The minimum Gasteiger partial charge on any atom is -0.325 e. The summed E-state index contributed by atoms with van der Waals surface area (Å²) >= 11 is 1.71. The van der Waals surface area contributed by atoms with Gasteiger partial charge in [-0.1, -0.05) is 17.4 Å². The second kappa shape index (κ2) is 3.05. The van der Waals surface area contributed by atoms with Crippen LogP contribution in [0.2, 0.25) is 0 Å². The second-order valence-electron chi connectivity index (χ2n) is 3.66. The van der Waals surface area contributed by atoms with Crippen LogP contribution in [0.15, 0.2) is 24.4 Å². The third-order valence-corrected chi connectivity index (χ3v) is 3.53. The molecule has 0 radical (unpaired) electrons. The van der Waals surface area contributed by atoms with Gasteiger partial charge in [0.2, 0.25) is 0 Å². The fraction of sp³-hybridized carbons (Fsp3) is 0.182. The van der Waals surface area contributed by atoms with Crippen LogP contribution in [-0.2, 0) is 6.54 Å². The Labute approximate surface area is 91.2 Å². The maximum absolute atomic E-state index is 5.57. The summed E-state index contributed by atoms with van der Waals surface area (Å²) in [5.41, 5.74) is 9.02. The first-order valence-electron chi connectivity index (χ1n) is 4.85. The molecule has 4 heteroatoms. The first kappa shape index (κ1) is 8.88. The predicted molar refractivity (Wildman–Crippen MR) is 63.2 cm³/mol. The van der Waals surface area contributed by atoms with Gasteiger partial charge in [-0.2, -0.15) is 0 Å². The molecule has 1 aromatic carbocycles. The molecular weight excluding hydrogens is 206 g/mol. The average molecular weight is 217 g/mol. The zero-order valence-corrected chi connectivity index (χ0v) is 9.21. The summed E-state index contributed by atoms with van der Waals surface area (Å²) in [7, 11) is 0. The molecule has 0 spiro atoms. The molecule has 0 atom stereocenters. The molecule has 76 valence electrons. The van der Waals surface area contributed by atoms with Gasteiger partial charge in [-0.25, -0.2) is 4.98 Å². The Hall–Kier alpha value is -1.39. The predicted octanol–water partition coefficient (Wildman–Crippen LogP) is 2.32. The van der Waals surface area contributed by atoms with Gasteiger partial charge in [-0.05, 0) is 24.6 Å². The van der Waals surface area contributed by atoms with E-state index in [1.165, 1.54) is 15.8 Å². The third kappa shape index (κ3) is 1.26. The molecule has 2 heterocycles. The number of nitrogens with zero attached hydrogens (tertiary/aromatic N) is 2. The van der Waals surface area contributed by atoms with Crippen molar-refractivity contribution in [2.45, 2.75) is 13.5 Å². The van der Waals surface area contributed by atoms with Gasteiger partial charge >= 0.3 is 0 Å². The number of aryl methyl sites for hydroxylation is 1. The van der Waals surface area contributed by atoms with E-state index in [9.17, 15) is 0 Å². The summed E-state index contributed by atoms with van der Waals surface area (Å²) in [5.74, 6) is 0. The van der Waals surface area contributed by atoms with Crippen molar-refractivity contribution in [2.75, 3.05) is 0 Å². The SMILES string of the molecule is Cc1ccc2c(c1)sc1nc(CN)cn12. The topological polar surface area (TPSA) is 43.3 Å². The van der Waals surface area contributed by atoms with Gasteiger partial charge in [0.25, 0.3) is 0 Å². The highest BCUT2D eigenvalue weighted by molar-refractivity contribution is 7.23. The summed E-state index contributed by atoms with van der Waals surface area (Å²) in [5, 5.41) is 0. The van der Waals surface area contributed by atoms with Crippen LogP contribution in [0.3, 0.4) is 0 Å². The van der Waals surface area contributed by atoms with E-state index < -0.39 is 0 Å². The normalized spacial score (nSPS) is 11.6. The number of rotatable bonds is 1.